The molecule has 3 aliphatic heterocycles. The summed E-state index contributed by atoms with van der Waals surface area (Å²) >= 11 is 0. The lowest BCUT2D eigenvalue weighted by molar-refractivity contribution is -0.123. The third kappa shape index (κ3) is 3.32. The Labute approximate surface area is 166 Å². The fourth-order valence-corrected chi connectivity index (χ4v) is 5.43. The molecule has 3 saturated heterocycles. The Morgan fingerprint density at radius 2 is 1.93 bits per heavy atom. The number of rotatable bonds is 4. The molecule has 152 valence electrons. The van der Waals surface area contributed by atoms with Crippen LogP contribution in [0.2, 0.25) is 0 Å². The van der Waals surface area contributed by atoms with E-state index in [9.17, 15) is 14.0 Å². The fraction of sp³-hybridized carbons (Fsp3) is 0.636. The topological polar surface area (TPSA) is 52.7 Å². The van der Waals surface area contributed by atoms with Crippen LogP contribution in [-0.4, -0.2) is 59.4 Å². The van der Waals surface area contributed by atoms with Crippen molar-refractivity contribution in [3.05, 3.63) is 35.6 Å². The number of amides is 2. The Kier molecular flexibility index (Phi) is 5.17. The molecule has 0 unspecified atom stereocenters. The molecule has 0 aliphatic carbocycles. The standard InChI is InChI=1S/C22H30FN3O2/c1-3-4-15(2)26-13-18-19(14-26)22(24-20(18)27)9-11-25(12-10-22)21(28)16-5-7-17(23)8-6-16/h5-8,15,18-19H,3-4,9-14H2,1-2H3,(H,24,27)/t15-,18-,19+/m1/s1. The van der Waals surface area contributed by atoms with Crippen LogP contribution < -0.4 is 5.32 Å². The second kappa shape index (κ2) is 7.47. The first-order valence-corrected chi connectivity index (χ1v) is 10.5. The van der Waals surface area contributed by atoms with Gasteiger partial charge in [0.1, 0.15) is 5.82 Å². The normalized spacial score (nSPS) is 27.7. The molecule has 1 spiro atoms. The van der Waals surface area contributed by atoms with Gasteiger partial charge in [-0.05, 0) is 50.5 Å². The summed E-state index contributed by atoms with van der Waals surface area (Å²) in [4.78, 5) is 29.7. The SMILES string of the molecule is CCC[C@@H](C)N1C[C@H]2C(=O)NC3(CCN(C(=O)c4ccc(F)cc4)CC3)[C@H]2C1. The Bertz CT molecular complexity index is 743. The molecule has 4 rings (SSSR count). The van der Waals surface area contributed by atoms with Crippen molar-refractivity contribution in [2.75, 3.05) is 26.2 Å². The van der Waals surface area contributed by atoms with Gasteiger partial charge in [0.05, 0.1) is 5.92 Å². The van der Waals surface area contributed by atoms with Crippen LogP contribution in [0.4, 0.5) is 4.39 Å². The minimum atomic E-state index is -0.336. The average Bonchev–Trinajstić information content (AvgIpc) is 3.24. The highest BCUT2D eigenvalue weighted by molar-refractivity contribution is 5.94. The maximum Gasteiger partial charge on any atom is 0.253 e. The van der Waals surface area contributed by atoms with E-state index in [2.05, 4.69) is 24.1 Å². The second-order valence-electron chi connectivity index (χ2n) is 8.75. The van der Waals surface area contributed by atoms with Crippen molar-refractivity contribution in [1.29, 1.82) is 0 Å². The van der Waals surface area contributed by atoms with Crippen LogP contribution in [0.3, 0.4) is 0 Å². The lowest BCUT2D eigenvalue weighted by atomic mass is 9.75. The number of fused-ring (bicyclic) bond motifs is 2. The largest absolute Gasteiger partial charge is 0.350 e. The third-order valence-electron chi connectivity index (χ3n) is 7.13. The summed E-state index contributed by atoms with van der Waals surface area (Å²) in [6.07, 6.45) is 3.91. The summed E-state index contributed by atoms with van der Waals surface area (Å²) < 4.78 is 13.1. The van der Waals surface area contributed by atoms with Crippen LogP contribution in [0.1, 0.15) is 49.9 Å². The molecule has 1 N–H and O–H groups in total. The Balaban J connectivity index is 1.43. The van der Waals surface area contributed by atoms with Gasteiger partial charge in [0.15, 0.2) is 0 Å². The molecule has 3 fully saturated rings. The van der Waals surface area contributed by atoms with E-state index in [-0.39, 0.29) is 29.1 Å². The molecular weight excluding hydrogens is 357 g/mol. The second-order valence-corrected chi connectivity index (χ2v) is 8.75. The molecule has 5 nitrogen and oxygen atoms in total. The van der Waals surface area contributed by atoms with Gasteiger partial charge in [0.2, 0.25) is 5.91 Å². The van der Waals surface area contributed by atoms with E-state index in [0.29, 0.717) is 30.6 Å². The average molecular weight is 387 g/mol. The number of hydrogen-bond acceptors (Lipinski definition) is 3. The molecule has 1 aromatic rings. The number of halogens is 1. The summed E-state index contributed by atoms with van der Waals surface area (Å²) in [6, 6.07) is 6.25. The highest BCUT2D eigenvalue weighted by atomic mass is 19.1. The highest BCUT2D eigenvalue weighted by Crippen LogP contribution is 2.44. The minimum Gasteiger partial charge on any atom is -0.350 e. The highest BCUT2D eigenvalue weighted by Gasteiger charge is 2.57. The summed E-state index contributed by atoms with van der Waals surface area (Å²) in [7, 11) is 0. The van der Waals surface area contributed by atoms with Crippen LogP contribution in [0.25, 0.3) is 0 Å². The fourth-order valence-electron chi connectivity index (χ4n) is 5.43. The van der Waals surface area contributed by atoms with E-state index in [1.807, 2.05) is 4.90 Å². The Hall–Kier alpha value is -1.95. The van der Waals surface area contributed by atoms with E-state index in [1.165, 1.54) is 12.1 Å². The van der Waals surface area contributed by atoms with Gasteiger partial charge in [0.25, 0.3) is 5.91 Å². The first kappa shape index (κ1) is 19.4. The maximum atomic E-state index is 13.1. The maximum absolute atomic E-state index is 13.1. The predicted molar refractivity (Wildman–Crippen MR) is 105 cm³/mol. The zero-order valence-corrected chi connectivity index (χ0v) is 16.8. The van der Waals surface area contributed by atoms with Crippen molar-refractivity contribution >= 4 is 11.8 Å². The van der Waals surface area contributed by atoms with Gasteiger partial charge >= 0.3 is 0 Å². The van der Waals surface area contributed by atoms with Crippen LogP contribution in [0.15, 0.2) is 24.3 Å². The predicted octanol–water partition coefficient (Wildman–Crippen LogP) is 2.67. The smallest absolute Gasteiger partial charge is 0.253 e. The summed E-state index contributed by atoms with van der Waals surface area (Å²) in [5, 5.41) is 3.32. The number of piperidine rings is 1. The van der Waals surface area contributed by atoms with Crippen molar-refractivity contribution in [3.8, 4) is 0 Å². The molecule has 2 amide bonds. The van der Waals surface area contributed by atoms with Crippen molar-refractivity contribution in [3.63, 3.8) is 0 Å². The summed E-state index contributed by atoms with van der Waals surface area (Å²) in [5.74, 6) is 0.216. The van der Waals surface area contributed by atoms with E-state index < -0.39 is 0 Å². The first-order chi connectivity index (χ1) is 13.4. The Morgan fingerprint density at radius 1 is 1.25 bits per heavy atom. The lowest BCUT2D eigenvalue weighted by Crippen LogP contribution is -2.56. The van der Waals surface area contributed by atoms with Crippen molar-refractivity contribution in [1.82, 2.24) is 15.1 Å². The van der Waals surface area contributed by atoms with Crippen molar-refractivity contribution in [2.24, 2.45) is 11.8 Å². The number of hydrogen-bond donors (Lipinski definition) is 1. The molecule has 3 atom stereocenters. The van der Waals surface area contributed by atoms with Gasteiger partial charge in [-0.25, -0.2) is 4.39 Å². The van der Waals surface area contributed by atoms with Gasteiger partial charge in [0, 0.05) is 49.2 Å². The van der Waals surface area contributed by atoms with Crippen LogP contribution in [0.5, 0.6) is 0 Å². The molecule has 3 heterocycles. The quantitative estimate of drug-likeness (QED) is 0.864. The first-order valence-electron chi connectivity index (χ1n) is 10.5. The molecule has 28 heavy (non-hydrogen) atoms. The van der Waals surface area contributed by atoms with Gasteiger partial charge in [-0.3, -0.25) is 14.5 Å². The van der Waals surface area contributed by atoms with Gasteiger partial charge in [-0.2, -0.15) is 0 Å². The molecule has 1 aromatic carbocycles. The van der Waals surface area contributed by atoms with E-state index >= 15 is 0 Å². The van der Waals surface area contributed by atoms with Crippen LogP contribution in [-0.2, 0) is 4.79 Å². The van der Waals surface area contributed by atoms with Crippen LogP contribution >= 0.6 is 0 Å². The monoisotopic (exact) mass is 387 g/mol. The molecule has 0 aromatic heterocycles. The van der Waals surface area contributed by atoms with E-state index in [0.717, 1.165) is 38.8 Å². The zero-order chi connectivity index (χ0) is 19.9. The zero-order valence-electron chi connectivity index (χ0n) is 16.8. The number of likely N-dealkylation sites (tertiary alicyclic amines) is 2. The number of nitrogens with one attached hydrogen (secondary N) is 1. The number of carbonyl (C=O) groups is 2. The van der Waals surface area contributed by atoms with Crippen LogP contribution in [0, 0.1) is 17.7 Å². The molecule has 0 saturated carbocycles. The molecule has 0 bridgehead atoms. The van der Waals surface area contributed by atoms with Gasteiger partial charge in [-0.1, -0.05) is 13.3 Å². The van der Waals surface area contributed by atoms with Crippen molar-refractivity contribution in [2.45, 2.75) is 51.1 Å². The van der Waals surface area contributed by atoms with Gasteiger partial charge in [-0.15, -0.1) is 0 Å². The summed E-state index contributed by atoms with van der Waals surface area (Å²) in [6.45, 7) is 7.55. The molecular formula is C22H30FN3O2. The van der Waals surface area contributed by atoms with E-state index in [4.69, 9.17) is 0 Å². The molecule has 6 heteroatoms. The van der Waals surface area contributed by atoms with Crippen molar-refractivity contribution < 1.29 is 14.0 Å². The lowest BCUT2D eigenvalue weighted by Gasteiger charge is -2.43. The third-order valence-corrected chi connectivity index (χ3v) is 7.13. The number of carbonyl (C=O) groups excluding carboxylic acids is 2. The number of benzene rings is 1. The summed E-state index contributed by atoms with van der Waals surface area (Å²) in [5.41, 5.74) is 0.341. The molecule has 3 aliphatic rings. The van der Waals surface area contributed by atoms with E-state index in [1.54, 1.807) is 12.1 Å². The number of nitrogens with zero attached hydrogens (tertiary/aromatic N) is 2. The molecule has 0 radical (unpaired) electrons. The minimum absolute atomic E-state index is 0.0552. The Morgan fingerprint density at radius 3 is 2.57 bits per heavy atom. The van der Waals surface area contributed by atoms with Gasteiger partial charge < -0.3 is 10.2 Å².